The highest BCUT2D eigenvalue weighted by atomic mass is 32.2. The lowest BCUT2D eigenvalue weighted by Gasteiger charge is -2.38. The van der Waals surface area contributed by atoms with Crippen molar-refractivity contribution >= 4 is 20.3 Å². The summed E-state index contributed by atoms with van der Waals surface area (Å²) >= 11 is 1.92. The summed E-state index contributed by atoms with van der Waals surface area (Å²) in [6.45, 7) is 14.7. The minimum absolute atomic E-state index is 0.0146. The number of aromatic nitrogens is 2. The highest BCUT2D eigenvalue weighted by Gasteiger charge is 2.65. The van der Waals surface area contributed by atoms with E-state index in [0.29, 0.717) is 17.1 Å². The molecule has 0 N–H and O–H groups in total. The Morgan fingerprint density at radius 3 is 2.62 bits per heavy atom. The predicted octanol–water partition coefficient (Wildman–Crippen LogP) is 4.25. The summed E-state index contributed by atoms with van der Waals surface area (Å²) in [5.74, 6) is 0.109. The fourth-order valence-corrected chi connectivity index (χ4v) is 9.82. The molecule has 13 heteroatoms. The summed E-state index contributed by atoms with van der Waals surface area (Å²) in [5.41, 5.74) is -2.86. The first-order chi connectivity index (χ1) is 17.5. The van der Waals surface area contributed by atoms with Crippen molar-refractivity contribution in [3.05, 3.63) is 27.7 Å². The molecule has 0 saturated carbocycles. The second kappa shape index (κ2) is 12.4. The van der Waals surface area contributed by atoms with Crippen LogP contribution in [0.2, 0.25) is 11.1 Å². The van der Waals surface area contributed by atoms with Gasteiger partial charge in [-0.1, -0.05) is 46.7 Å². The van der Waals surface area contributed by atoms with E-state index in [1.807, 2.05) is 31.7 Å². The van der Waals surface area contributed by atoms with E-state index in [2.05, 4.69) is 37.9 Å². The van der Waals surface area contributed by atoms with Crippen molar-refractivity contribution in [3.8, 4) is 11.9 Å². The Morgan fingerprint density at radius 2 is 2.05 bits per heavy atom. The maximum atomic E-state index is 12.9. The van der Waals surface area contributed by atoms with Gasteiger partial charge in [-0.25, -0.2) is 9.68 Å². The zero-order chi connectivity index (χ0) is 27.4. The number of nitrogens with zero attached hydrogens (tertiary/aromatic N) is 4. The van der Waals surface area contributed by atoms with E-state index in [1.54, 1.807) is 6.92 Å². The molecule has 0 radical (unpaired) electrons. The quantitative estimate of drug-likeness (QED) is 0.222. The molecule has 3 heterocycles. The molecule has 0 bridgehead atoms. The van der Waals surface area contributed by atoms with Crippen molar-refractivity contribution < 1.29 is 23.4 Å². The number of nitriles is 1. The third-order valence-electron chi connectivity index (χ3n) is 6.86. The van der Waals surface area contributed by atoms with Gasteiger partial charge in [0.15, 0.2) is 6.04 Å². The van der Waals surface area contributed by atoms with Gasteiger partial charge in [0.1, 0.15) is 24.9 Å². The molecular formula is C24H38N4O7SSi. The average molecular weight is 555 g/mol. The molecule has 0 aliphatic carbocycles. The fraction of sp³-hybridized carbons (Fsp3) is 0.792. The summed E-state index contributed by atoms with van der Waals surface area (Å²) in [6, 6.07) is 2.10. The highest BCUT2D eigenvalue weighted by molar-refractivity contribution is 8.00. The van der Waals surface area contributed by atoms with Gasteiger partial charge in [0.05, 0.1) is 6.61 Å². The maximum Gasteiger partial charge on any atom is 0.380 e. The molecule has 0 spiro atoms. The molecule has 0 aromatic carbocycles. The molecule has 2 aliphatic rings. The first-order valence-electron chi connectivity index (χ1n) is 12.8. The van der Waals surface area contributed by atoms with Gasteiger partial charge in [-0.3, -0.25) is 9.14 Å². The molecule has 7 atom stereocenters. The lowest BCUT2D eigenvalue weighted by molar-refractivity contribution is -0.244. The number of nitroso groups, excluding NO2 is 1. The topological polar surface area (TPSA) is 134 Å². The van der Waals surface area contributed by atoms with Crippen molar-refractivity contribution in [2.45, 2.75) is 107 Å². The minimum atomic E-state index is -3.12. The monoisotopic (exact) mass is 554 g/mol. The minimum Gasteiger partial charge on any atom is -0.478 e. The van der Waals surface area contributed by atoms with Crippen molar-refractivity contribution in [1.29, 1.82) is 5.26 Å². The van der Waals surface area contributed by atoms with Gasteiger partial charge in [-0.05, 0) is 30.6 Å². The number of rotatable bonds is 11. The molecular weight excluding hydrogens is 516 g/mol. The van der Waals surface area contributed by atoms with Gasteiger partial charge < -0.3 is 13.9 Å². The van der Waals surface area contributed by atoms with Crippen LogP contribution in [-0.2, 0) is 24.4 Å². The van der Waals surface area contributed by atoms with Crippen molar-refractivity contribution in [2.75, 3.05) is 13.2 Å². The number of thioether (sulfide) groups is 1. The molecule has 11 nitrogen and oxygen atoms in total. The van der Waals surface area contributed by atoms with Crippen molar-refractivity contribution in [1.82, 2.24) is 9.55 Å². The Kier molecular flexibility index (Phi) is 9.93. The normalized spacial score (nSPS) is 31.4. The van der Waals surface area contributed by atoms with E-state index >= 15 is 0 Å². The van der Waals surface area contributed by atoms with Crippen LogP contribution in [0.5, 0.6) is 5.88 Å². The Labute approximate surface area is 223 Å². The van der Waals surface area contributed by atoms with Gasteiger partial charge in [0, 0.05) is 23.1 Å². The van der Waals surface area contributed by atoms with E-state index in [1.165, 1.54) is 12.3 Å². The summed E-state index contributed by atoms with van der Waals surface area (Å²) in [5, 5.41) is 14.5. The Hall–Kier alpha value is -1.82. The van der Waals surface area contributed by atoms with Gasteiger partial charge in [0.2, 0.25) is 5.88 Å². The molecule has 1 aromatic heterocycles. The van der Waals surface area contributed by atoms with Crippen LogP contribution in [0.4, 0.5) is 0 Å². The van der Waals surface area contributed by atoms with E-state index in [0.717, 1.165) is 17.4 Å². The second-order valence-electron chi connectivity index (χ2n) is 10.2. The Bertz CT molecular complexity index is 1040. The van der Waals surface area contributed by atoms with E-state index in [4.69, 9.17) is 23.4 Å². The SMILES string of the molecule is CCOc1ccn([C@]2(C#N)O[C@@H]3COO[Si](C(C)C)(C(C)CCC(C)SC(C)C)O[C@H]3[C@H]2N=O)c(=O)n1. The smallest absolute Gasteiger partial charge is 0.380 e. The highest BCUT2D eigenvalue weighted by Crippen LogP contribution is 2.47. The van der Waals surface area contributed by atoms with Gasteiger partial charge >= 0.3 is 14.3 Å². The van der Waals surface area contributed by atoms with Crippen LogP contribution in [0.1, 0.15) is 61.3 Å². The number of ether oxygens (including phenoxy) is 2. The molecule has 3 rings (SSSR count). The molecule has 3 unspecified atom stereocenters. The first-order valence-corrected chi connectivity index (χ1v) is 15.7. The van der Waals surface area contributed by atoms with Crippen LogP contribution < -0.4 is 10.4 Å². The fourth-order valence-electron chi connectivity index (χ4n) is 5.05. The summed E-state index contributed by atoms with van der Waals surface area (Å²) in [4.78, 5) is 34.7. The molecule has 37 heavy (non-hydrogen) atoms. The zero-order valence-corrected chi connectivity index (χ0v) is 24.4. The van der Waals surface area contributed by atoms with Crippen LogP contribution in [0.3, 0.4) is 0 Å². The van der Waals surface area contributed by atoms with Gasteiger partial charge in [-0.2, -0.15) is 26.9 Å². The number of fused-ring (bicyclic) bond motifs is 1. The summed E-state index contributed by atoms with van der Waals surface area (Å²) < 4.78 is 25.1. The van der Waals surface area contributed by atoms with Crippen LogP contribution in [0.25, 0.3) is 0 Å². The standard InChI is InChI=1S/C24H38N4O7SSi/c1-8-31-20-11-12-28(23(29)26-20)24(14-25)22(27-30)21-19(33-24)13-32-35-37(34-21,16(4)5)18(7)10-9-17(6)36-15(2)3/h11-12,15-19,21-22H,8-10,13H2,1-7H3/t17?,18?,19-,21-,22-,24-,37?/m1/s1. The second-order valence-corrected chi connectivity index (χ2v) is 16.2. The van der Waals surface area contributed by atoms with Crippen LogP contribution in [-0.4, -0.2) is 60.1 Å². The molecule has 206 valence electrons. The predicted molar refractivity (Wildman–Crippen MR) is 141 cm³/mol. The zero-order valence-electron chi connectivity index (χ0n) is 22.6. The summed E-state index contributed by atoms with van der Waals surface area (Å²) in [6.07, 6.45) is 1.35. The van der Waals surface area contributed by atoms with Crippen molar-refractivity contribution in [3.63, 3.8) is 0 Å². The maximum absolute atomic E-state index is 12.9. The van der Waals surface area contributed by atoms with Gasteiger partial charge in [-0.15, -0.1) is 0 Å². The molecule has 2 fully saturated rings. The van der Waals surface area contributed by atoms with Crippen LogP contribution in [0, 0.1) is 16.2 Å². The van der Waals surface area contributed by atoms with E-state index < -0.39 is 38.2 Å². The number of hydrogen-bond donors (Lipinski definition) is 0. The third-order valence-corrected chi connectivity index (χ3v) is 12.4. The largest absolute Gasteiger partial charge is 0.478 e. The Balaban J connectivity index is 1.94. The first kappa shape index (κ1) is 29.7. The molecule has 2 saturated heterocycles. The van der Waals surface area contributed by atoms with E-state index in [9.17, 15) is 15.0 Å². The Morgan fingerprint density at radius 1 is 1.32 bits per heavy atom. The molecule has 0 amide bonds. The third kappa shape index (κ3) is 5.94. The average Bonchev–Trinajstić information content (AvgIpc) is 3.00. The van der Waals surface area contributed by atoms with Gasteiger partial charge in [0.25, 0.3) is 5.72 Å². The lowest BCUT2D eigenvalue weighted by Crippen LogP contribution is -2.55. The number of hydrogen-bond acceptors (Lipinski definition) is 11. The lowest BCUT2D eigenvalue weighted by atomic mass is 10.0. The van der Waals surface area contributed by atoms with Crippen LogP contribution in [0.15, 0.2) is 22.2 Å². The van der Waals surface area contributed by atoms with E-state index in [-0.39, 0.29) is 23.6 Å². The molecule has 2 aliphatic heterocycles. The summed E-state index contributed by atoms with van der Waals surface area (Å²) in [7, 11) is -3.12. The van der Waals surface area contributed by atoms with Crippen LogP contribution >= 0.6 is 11.8 Å². The molecule has 1 aromatic rings. The van der Waals surface area contributed by atoms with Crippen molar-refractivity contribution in [2.24, 2.45) is 5.18 Å².